The van der Waals surface area contributed by atoms with Crippen molar-refractivity contribution in [1.82, 2.24) is 5.32 Å². The van der Waals surface area contributed by atoms with Crippen LogP contribution in [-0.4, -0.2) is 24.6 Å². The van der Waals surface area contributed by atoms with Gasteiger partial charge < -0.3 is 10.6 Å². The summed E-state index contributed by atoms with van der Waals surface area (Å²) in [7, 11) is 1.53. The molecule has 0 fully saturated rings. The monoisotopic (exact) mass is 324 g/mol. The third-order valence-corrected chi connectivity index (χ3v) is 3.70. The Balaban J connectivity index is 1.99. The lowest BCUT2D eigenvalue weighted by Crippen LogP contribution is -2.21. The van der Waals surface area contributed by atoms with Gasteiger partial charge in [0, 0.05) is 25.5 Å². The normalized spacial score (nSPS) is 10.1. The Morgan fingerprint density at radius 2 is 1.50 bits per heavy atom. The Bertz CT molecular complexity index is 769. The van der Waals surface area contributed by atoms with Crippen molar-refractivity contribution in [3.8, 4) is 0 Å². The molecule has 5 nitrogen and oxygen atoms in total. The van der Waals surface area contributed by atoms with Crippen LogP contribution in [0.2, 0.25) is 0 Å². The smallest absolute Gasteiger partial charge is 0.253 e. The number of ketones is 1. The highest BCUT2D eigenvalue weighted by atomic mass is 16.2. The molecule has 0 aliphatic rings. The van der Waals surface area contributed by atoms with E-state index in [1.807, 2.05) is 19.1 Å². The van der Waals surface area contributed by atoms with E-state index in [1.54, 1.807) is 36.4 Å². The van der Waals surface area contributed by atoms with E-state index >= 15 is 0 Å². The van der Waals surface area contributed by atoms with E-state index in [1.165, 1.54) is 7.05 Å². The highest BCUT2D eigenvalue weighted by Gasteiger charge is 2.14. The quantitative estimate of drug-likeness (QED) is 0.802. The predicted octanol–water partition coefficient (Wildman–Crippen LogP) is 2.96. The van der Waals surface area contributed by atoms with Crippen LogP contribution in [0.5, 0.6) is 0 Å². The molecule has 0 spiro atoms. The SMILES string of the molecule is CNC(=O)c1ccccc1NC(=O)CCC(=O)c1ccccc1C. The number of nitrogens with one attached hydrogen (secondary N) is 2. The van der Waals surface area contributed by atoms with Crippen molar-refractivity contribution in [2.45, 2.75) is 19.8 Å². The summed E-state index contributed by atoms with van der Waals surface area (Å²) in [5.74, 6) is -0.641. The second-order valence-corrected chi connectivity index (χ2v) is 5.41. The molecule has 0 bridgehead atoms. The minimum absolute atomic E-state index is 0.0647. The standard InChI is InChI=1S/C19H20N2O3/c1-13-7-3-4-8-14(13)17(22)11-12-18(23)21-16-10-6-5-9-15(16)19(24)20-2/h3-10H,11-12H2,1-2H3,(H,20,24)(H,21,23). The van der Waals surface area contributed by atoms with Gasteiger partial charge in [0.25, 0.3) is 5.91 Å². The van der Waals surface area contributed by atoms with Crippen molar-refractivity contribution in [3.63, 3.8) is 0 Å². The van der Waals surface area contributed by atoms with Crippen molar-refractivity contribution in [2.75, 3.05) is 12.4 Å². The second kappa shape index (κ2) is 8.06. The third-order valence-electron chi connectivity index (χ3n) is 3.70. The van der Waals surface area contributed by atoms with E-state index in [2.05, 4.69) is 10.6 Å². The molecule has 0 atom stereocenters. The molecule has 0 aliphatic heterocycles. The summed E-state index contributed by atoms with van der Waals surface area (Å²) in [4.78, 5) is 36.1. The molecule has 2 aromatic rings. The van der Waals surface area contributed by atoms with Crippen LogP contribution in [0, 0.1) is 6.92 Å². The second-order valence-electron chi connectivity index (χ2n) is 5.41. The zero-order valence-corrected chi connectivity index (χ0v) is 13.8. The van der Waals surface area contributed by atoms with Gasteiger partial charge in [0.1, 0.15) is 0 Å². The minimum atomic E-state index is -0.298. The first-order valence-electron chi connectivity index (χ1n) is 7.72. The number of amides is 2. The predicted molar refractivity (Wildman–Crippen MR) is 93.2 cm³/mol. The summed E-state index contributed by atoms with van der Waals surface area (Å²) in [6.07, 6.45) is 0.189. The molecule has 2 rings (SSSR count). The average molecular weight is 324 g/mol. The number of aryl methyl sites for hydroxylation is 1. The molecular formula is C19H20N2O3. The maximum Gasteiger partial charge on any atom is 0.253 e. The zero-order valence-electron chi connectivity index (χ0n) is 13.8. The van der Waals surface area contributed by atoms with Crippen molar-refractivity contribution in [2.24, 2.45) is 0 Å². The summed E-state index contributed by atoms with van der Waals surface area (Å²) in [6, 6.07) is 14.1. The number of Topliss-reactive ketones (excluding diaryl/α,β-unsaturated/α-hetero) is 1. The topological polar surface area (TPSA) is 75.3 Å². The number of anilines is 1. The van der Waals surface area contributed by atoms with Gasteiger partial charge in [-0.05, 0) is 24.6 Å². The highest BCUT2D eigenvalue weighted by molar-refractivity contribution is 6.05. The molecule has 2 aromatic carbocycles. The van der Waals surface area contributed by atoms with E-state index in [4.69, 9.17) is 0 Å². The Morgan fingerprint density at radius 3 is 2.17 bits per heavy atom. The number of carbonyl (C=O) groups is 3. The number of benzene rings is 2. The first-order valence-corrected chi connectivity index (χ1v) is 7.72. The average Bonchev–Trinajstić information content (AvgIpc) is 2.60. The molecule has 5 heteroatoms. The van der Waals surface area contributed by atoms with Crippen molar-refractivity contribution in [3.05, 3.63) is 65.2 Å². The molecule has 0 saturated carbocycles. The lowest BCUT2D eigenvalue weighted by atomic mass is 10.0. The van der Waals surface area contributed by atoms with Gasteiger partial charge in [0.15, 0.2) is 5.78 Å². The Morgan fingerprint density at radius 1 is 0.875 bits per heavy atom. The molecule has 2 amide bonds. The van der Waals surface area contributed by atoms with Gasteiger partial charge in [-0.1, -0.05) is 36.4 Å². The fourth-order valence-corrected chi connectivity index (χ4v) is 2.38. The van der Waals surface area contributed by atoms with Gasteiger partial charge in [-0.15, -0.1) is 0 Å². The minimum Gasteiger partial charge on any atom is -0.355 e. The molecule has 0 aromatic heterocycles. The first kappa shape index (κ1) is 17.4. The number of para-hydroxylation sites is 1. The van der Waals surface area contributed by atoms with Crippen LogP contribution >= 0.6 is 0 Å². The van der Waals surface area contributed by atoms with Gasteiger partial charge >= 0.3 is 0 Å². The van der Waals surface area contributed by atoms with Crippen molar-refractivity contribution in [1.29, 1.82) is 0 Å². The lowest BCUT2D eigenvalue weighted by Gasteiger charge is -2.10. The first-order chi connectivity index (χ1) is 11.5. The summed E-state index contributed by atoms with van der Waals surface area (Å²) >= 11 is 0. The molecule has 0 radical (unpaired) electrons. The van der Waals surface area contributed by atoms with Crippen molar-refractivity contribution >= 4 is 23.3 Å². The Kier molecular flexibility index (Phi) is 5.84. The molecule has 2 N–H and O–H groups in total. The number of carbonyl (C=O) groups excluding carboxylic acids is 3. The number of hydrogen-bond donors (Lipinski definition) is 2. The van der Waals surface area contributed by atoms with E-state index in [0.717, 1.165) is 5.56 Å². The summed E-state index contributed by atoms with van der Waals surface area (Å²) < 4.78 is 0. The zero-order chi connectivity index (χ0) is 17.5. The Hall–Kier alpha value is -2.95. The van der Waals surface area contributed by atoms with E-state index < -0.39 is 0 Å². The maximum atomic E-state index is 12.2. The molecule has 24 heavy (non-hydrogen) atoms. The maximum absolute atomic E-state index is 12.2. The van der Waals surface area contributed by atoms with E-state index in [-0.39, 0.29) is 30.4 Å². The van der Waals surface area contributed by atoms with Gasteiger partial charge in [-0.25, -0.2) is 0 Å². The van der Waals surface area contributed by atoms with Crippen LogP contribution in [0.1, 0.15) is 39.1 Å². The summed E-state index contributed by atoms with van der Waals surface area (Å²) in [5.41, 5.74) is 2.35. The van der Waals surface area contributed by atoms with Crippen LogP contribution in [0.25, 0.3) is 0 Å². The van der Waals surface area contributed by atoms with Gasteiger partial charge in [0.2, 0.25) is 5.91 Å². The van der Waals surface area contributed by atoms with Crippen molar-refractivity contribution < 1.29 is 14.4 Å². The fraction of sp³-hybridized carbons (Fsp3) is 0.211. The lowest BCUT2D eigenvalue weighted by molar-refractivity contribution is -0.116. The highest BCUT2D eigenvalue weighted by Crippen LogP contribution is 2.16. The van der Waals surface area contributed by atoms with Gasteiger partial charge in [-0.3, -0.25) is 14.4 Å². The van der Waals surface area contributed by atoms with Gasteiger partial charge in [0.05, 0.1) is 11.3 Å². The molecule has 0 heterocycles. The number of rotatable bonds is 6. The third kappa shape index (κ3) is 4.29. The summed E-state index contributed by atoms with van der Waals surface area (Å²) in [5, 5.41) is 5.22. The van der Waals surface area contributed by atoms with Crippen LogP contribution in [-0.2, 0) is 4.79 Å². The largest absolute Gasteiger partial charge is 0.355 e. The van der Waals surface area contributed by atoms with Gasteiger partial charge in [-0.2, -0.15) is 0 Å². The number of hydrogen-bond acceptors (Lipinski definition) is 3. The molecule has 0 unspecified atom stereocenters. The molecular weight excluding hydrogens is 304 g/mol. The van der Waals surface area contributed by atoms with E-state index in [9.17, 15) is 14.4 Å². The van der Waals surface area contributed by atoms with E-state index in [0.29, 0.717) is 16.8 Å². The van der Waals surface area contributed by atoms with Crippen LogP contribution < -0.4 is 10.6 Å². The molecule has 0 aliphatic carbocycles. The molecule has 124 valence electrons. The molecule has 0 saturated heterocycles. The van der Waals surface area contributed by atoms with Crippen LogP contribution in [0.3, 0.4) is 0 Å². The summed E-state index contributed by atoms with van der Waals surface area (Å²) in [6.45, 7) is 1.87. The van der Waals surface area contributed by atoms with Crippen LogP contribution in [0.15, 0.2) is 48.5 Å². The Labute approximate surface area is 141 Å². The fourth-order valence-electron chi connectivity index (χ4n) is 2.38. The van der Waals surface area contributed by atoms with Crippen LogP contribution in [0.4, 0.5) is 5.69 Å².